The quantitative estimate of drug-likeness (QED) is 0.931. The first-order valence-corrected chi connectivity index (χ1v) is 6.19. The first kappa shape index (κ1) is 15.2. The van der Waals surface area contributed by atoms with E-state index in [1.807, 2.05) is 0 Å². The molecule has 1 aliphatic rings. The molecule has 1 unspecified atom stereocenters. The number of hydrogen-bond acceptors (Lipinski definition) is 3. The molecule has 0 saturated carbocycles. The second-order valence-corrected chi connectivity index (χ2v) is 4.54. The number of carboxylic acid groups (broad SMARTS) is 1. The zero-order valence-electron chi connectivity index (χ0n) is 11.3. The summed E-state index contributed by atoms with van der Waals surface area (Å²) in [5, 5.41) is 8.96. The fraction of sp³-hybridized carbons (Fsp3) is 0.357. The van der Waals surface area contributed by atoms with E-state index in [1.165, 1.54) is 6.07 Å². The molecule has 4 nitrogen and oxygen atoms in total. The molecule has 0 aromatic heterocycles. The summed E-state index contributed by atoms with van der Waals surface area (Å²) in [6.45, 7) is 3.73. The van der Waals surface area contributed by atoms with Gasteiger partial charge in [-0.2, -0.15) is 13.2 Å². The predicted octanol–water partition coefficient (Wildman–Crippen LogP) is 3.19. The molecule has 0 radical (unpaired) electrons. The molecule has 7 heteroatoms. The van der Waals surface area contributed by atoms with Crippen LogP contribution in [-0.4, -0.2) is 30.0 Å². The van der Waals surface area contributed by atoms with Crippen molar-refractivity contribution in [2.75, 3.05) is 6.61 Å². The minimum Gasteiger partial charge on any atom is -0.494 e. The largest absolute Gasteiger partial charge is 0.494 e. The van der Waals surface area contributed by atoms with E-state index in [-0.39, 0.29) is 11.3 Å². The molecule has 0 bridgehead atoms. The number of halogens is 3. The Bertz CT molecular complexity index is 605. The zero-order valence-corrected chi connectivity index (χ0v) is 11.3. The Labute approximate surface area is 118 Å². The molecule has 0 spiro atoms. The van der Waals surface area contributed by atoms with E-state index in [1.54, 1.807) is 19.9 Å². The number of aliphatic carboxylic acids is 1. The maximum Gasteiger partial charge on any atom is 0.430 e. The van der Waals surface area contributed by atoms with Crippen molar-refractivity contribution in [1.82, 2.24) is 0 Å². The van der Waals surface area contributed by atoms with Crippen LogP contribution in [-0.2, 0) is 4.79 Å². The van der Waals surface area contributed by atoms with Gasteiger partial charge in [0.1, 0.15) is 11.5 Å². The summed E-state index contributed by atoms with van der Waals surface area (Å²) in [7, 11) is 0. The van der Waals surface area contributed by atoms with Crippen molar-refractivity contribution in [2.24, 2.45) is 0 Å². The van der Waals surface area contributed by atoms with Gasteiger partial charge in [0.2, 0.25) is 6.10 Å². The monoisotopic (exact) mass is 302 g/mol. The third-order valence-electron chi connectivity index (χ3n) is 2.96. The number of aryl methyl sites for hydroxylation is 1. The maximum atomic E-state index is 12.9. The molecular formula is C14H13F3O4. The molecule has 0 fully saturated rings. The standard InChI is InChI=1S/C14H13F3O4/c1-3-20-9-4-7(2)11-8(5-9)6-10(13(18)19)12(21-11)14(15,16)17/h4-6,12H,3H2,1-2H3,(H,18,19). The predicted molar refractivity (Wildman–Crippen MR) is 68.4 cm³/mol. The van der Waals surface area contributed by atoms with Gasteiger partial charge in [-0.25, -0.2) is 4.79 Å². The summed E-state index contributed by atoms with van der Waals surface area (Å²) < 4.78 is 49.0. The number of carbonyl (C=O) groups is 1. The highest BCUT2D eigenvalue weighted by atomic mass is 19.4. The minimum absolute atomic E-state index is 0.0192. The smallest absolute Gasteiger partial charge is 0.430 e. The Hall–Kier alpha value is -2.18. The summed E-state index contributed by atoms with van der Waals surface area (Å²) in [5.41, 5.74) is -0.134. The molecule has 0 aliphatic carbocycles. The highest BCUT2D eigenvalue weighted by molar-refractivity contribution is 5.95. The number of rotatable bonds is 3. The fourth-order valence-electron chi connectivity index (χ4n) is 2.13. The second kappa shape index (κ2) is 5.31. The zero-order chi connectivity index (χ0) is 15.8. The average molecular weight is 302 g/mol. The van der Waals surface area contributed by atoms with Gasteiger partial charge in [0.05, 0.1) is 12.2 Å². The Balaban J connectivity index is 2.55. The summed E-state index contributed by atoms with van der Waals surface area (Å²) >= 11 is 0. The van der Waals surface area contributed by atoms with E-state index in [0.717, 1.165) is 6.08 Å². The highest BCUT2D eigenvalue weighted by Crippen LogP contribution is 2.40. The van der Waals surface area contributed by atoms with Gasteiger partial charge in [-0.1, -0.05) is 0 Å². The third-order valence-corrected chi connectivity index (χ3v) is 2.96. The lowest BCUT2D eigenvalue weighted by molar-refractivity contribution is -0.187. The van der Waals surface area contributed by atoms with Crippen LogP contribution in [0.4, 0.5) is 13.2 Å². The number of ether oxygens (including phenoxy) is 2. The molecule has 1 N–H and O–H groups in total. The summed E-state index contributed by atoms with van der Waals surface area (Å²) in [4.78, 5) is 11.0. The van der Waals surface area contributed by atoms with Crippen LogP contribution in [0.2, 0.25) is 0 Å². The Morgan fingerprint density at radius 3 is 2.62 bits per heavy atom. The number of alkyl halides is 3. The Morgan fingerprint density at radius 1 is 1.43 bits per heavy atom. The van der Waals surface area contributed by atoms with Crippen molar-refractivity contribution in [1.29, 1.82) is 0 Å². The van der Waals surface area contributed by atoms with E-state index in [9.17, 15) is 18.0 Å². The van der Waals surface area contributed by atoms with Crippen LogP contribution >= 0.6 is 0 Å². The minimum atomic E-state index is -4.80. The van der Waals surface area contributed by atoms with Crippen LogP contribution in [0.5, 0.6) is 11.5 Å². The second-order valence-electron chi connectivity index (χ2n) is 4.54. The fourth-order valence-corrected chi connectivity index (χ4v) is 2.13. The van der Waals surface area contributed by atoms with Crippen molar-refractivity contribution in [3.8, 4) is 11.5 Å². The van der Waals surface area contributed by atoms with Crippen LogP contribution in [0.15, 0.2) is 17.7 Å². The van der Waals surface area contributed by atoms with Crippen LogP contribution in [0, 0.1) is 6.92 Å². The lowest BCUT2D eigenvalue weighted by Gasteiger charge is -2.28. The molecule has 1 aromatic carbocycles. The van der Waals surface area contributed by atoms with Crippen molar-refractivity contribution in [2.45, 2.75) is 26.1 Å². The summed E-state index contributed by atoms with van der Waals surface area (Å²) in [6.07, 6.45) is -6.29. The normalized spacial score (nSPS) is 17.6. The SMILES string of the molecule is CCOc1cc(C)c2c(c1)C=C(C(=O)O)C(C(F)(F)F)O2. The van der Waals surface area contributed by atoms with Gasteiger partial charge >= 0.3 is 12.1 Å². The molecule has 1 aliphatic heterocycles. The third kappa shape index (κ3) is 2.96. The van der Waals surface area contributed by atoms with Crippen LogP contribution in [0.1, 0.15) is 18.1 Å². The topological polar surface area (TPSA) is 55.8 Å². The highest BCUT2D eigenvalue weighted by Gasteiger charge is 2.48. The number of hydrogen-bond donors (Lipinski definition) is 1. The van der Waals surface area contributed by atoms with Crippen molar-refractivity contribution in [3.63, 3.8) is 0 Å². The molecule has 21 heavy (non-hydrogen) atoms. The van der Waals surface area contributed by atoms with E-state index >= 15 is 0 Å². The first-order chi connectivity index (χ1) is 9.74. The molecule has 1 heterocycles. The van der Waals surface area contributed by atoms with E-state index < -0.39 is 23.8 Å². The lowest BCUT2D eigenvalue weighted by atomic mass is 9.99. The molecule has 0 saturated heterocycles. The van der Waals surface area contributed by atoms with Gasteiger partial charge in [-0.3, -0.25) is 0 Å². The van der Waals surface area contributed by atoms with E-state index in [0.29, 0.717) is 17.9 Å². The molecule has 1 aromatic rings. The van der Waals surface area contributed by atoms with E-state index in [2.05, 4.69) is 0 Å². The van der Waals surface area contributed by atoms with Crippen LogP contribution in [0.3, 0.4) is 0 Å². The van der Waals surface area contributed by atoms with Crippen LogP contribution in [0.25, 0.3) is 6.08 Å². The lowest BCUT2D eigenvalue weighted by Crippen LogP contribution is -2.40. The van der Waals surface area contributed by atoms with Crippen LogP contribution < -0.4 is 9.47 Å². The molecular weight excluding hydrogens is 289 g/mol. The number of benzene rings is 1. The van der Waals surface area contributed by atoms with E-state index in [4.69, 9.17) is 14.6 Å². The Kier molecular flexibility index (Phi) is 3.85. The average Bonchev–Trinajstić information content (AvgIpc) is 2.36. The Morgan fingerprint density at radius 2 is 2.10 bits per heavy atom. The van der Waals surface area contributed by atoms with Crippen molar-refractivity contribution >= 4 is 12.0 Å². The van der Waals surface area contributed by atoms with Gasteiger partial charge in [-0.05, 0) is 37.6 Å². The van der Waals surface area contributed by atoms with Gasteiger partial charge in [0, 0.05) is 5.56 Å². The summed E-state index contributed by atoms with van der Waals surface area (Å²) in [6, 6.07) is 3.01. The maximum absolute atomic E-state index is 12.9. The first-order valence-electron chi connectivity index (χ1n) is 6.19. The van der Waals surface area contributed by atoms with Gasteiger partial charge in [0.15, 0.2) is 0 Å². The molecule has 0 amide bonds. The molecule has 114 valence electrons. The molecule has 1 atom stereocenters. The van der Waals surface area contributed by atoms with Gasteiger partial charge in [-0.15, -0.1) is 0 Å². The van der Waals surface area contributed by atoms with Crippen molar-refractivity contribution in [3.05, 3.63) is 28.8 Å². The van der Waals surface area contributed by atoms with Gasteiger partial charge < -0.3 is 14.6 Å². The number of carboxylic acids is 1. The summed E-state index contributed by atoms with van der Waals surface area (Å²) in [5.74, 6) is -1.20. The van der Waals surface area contributed by atoms with Gasteiger partial charge in [0.25, 0.3) is 0 Å². The molecule has 2 rings (SSSR count). The number of fused-ring (bicyclic) bond motifs is 1. The van der Waals surface area contributed by atoms with Crippen molar-refractivity contribution < 1.29 is 32.5 Å².